The van der Waals surface area contributed by atoms with E-state index in [9.17, 15) is 0 Å². The number of rotatable bonds is 2. The molecule has 0 aromatic heterocycles. The van der Waals surface area contributed by atoms with Crippen molar-refractivity contribution in [2.24, 2.45) is 0 Å². The van der Waals surface area contributed by atoms with Gasteiger partial charge in [0.05, 0.1) is 0 Å². The number of benzene rings is 2. The molecule has 0 fully saturated rings. The lowest BCUT2D eigenvalue weighted by atomic mass is 9.93. The minimum Gasteiger partial charge on any atom is -0.0683 e. The molecule has 0 N–H and O–H groups in total. The van der Waals surface area contributed by atoms with Gasteiger partial charge in [-0.15, -0.1) is 0 Å². The van der Waals surface area contributed by atoms with E-state index >= 15 is 0 Å². The smallest absolute Gasteiger partial charge is 0.0152 e. The summed E-state index contributed by atoms with van der Waals surface area (Å²) in [5.41, 5.74) is 6.74. The van der Waals surface area contributed by atoms with E-state index in [2.05, 4.69) is 70.2 Å². The lowest BCUT2D eigenvalue weighted by Gasteiger charge is -2.11. The van der Waals surface area contributed by atoms with Gasteiger partial charge < -0.3 is 0 Å². The van der Waals surface area contributed by atoms with Gasteiger partial charge in [0.15, 0.2) is 0 Å². The molecule has 0 amide bonds. The lowest BCUT2D eigenvalue weighted by molar-refractivity contribution is 0.866. The van der Waals surface area contributed by atoms with E-state index < -0.39 is 0 Å². The fourth-order valence-corrected chi connectivity index (χ4v) is 2.04. The van der Waals surface area contributed by atoms with E-state index in [-0.39, 0.29) is 0 Å². The first-order chi connectivity index (χ1) is 9.08. The van der Waals surface area contributed by atoms with E-state index in [1.54, 1.807) is 0 Å². The molecule has 2 aromatic rings. The molecule has 0 unspecified atom stereocenters. The second-order valence-electron chi connectivity index (χ2n) is 5.10. The van der Waals surface area contributed by atoms with E-state index in [1.807, 2.05) is 13.8 Å². The summed E-state index contributed by atoms with van der Waals surface area (Å²) in [6.07, 6.45) is 0. The van der Waals surface area contributed by atoms with Crippen molar-refractivity contribution < 1.29 is 0 Å². The van der Waals surface area contributed by atoms with Crippen molar-refractivity contribution >= 4 is 0 Å². The molecule has 0 heteroatoms. The summed E-state index contributed by atoms with van der Waals surface area (Å²) in [6, 6.07) is 15.6. The van der Waals surface area contributed by atoms with Crippen LogP contribution in [-0.4, -0.2) is 0 Å². The molecule has 19 heavy (non-hydrogen) atoms. The zero-order chi connectivity index (χ0) is 14.4. The van der Waals surface area contributed by atoms with Gasteiger partial charge in [0.2, 0.25) is 0 Å². The fraction of sp³-hybridized carbons (Fsp3) is 0.368. The highest BCUT2D eigenvalue weighted by atomic mass is 14.1. The van der Waals surface area contributed by atoms with Gasteiger partial charge in [-0.05, 0) is 42.0 Å². The van der Waals surface area contributed by atoms with Gasteiger partial charge in [-0.1, -0.05) is 75.7 Å². The monoisotopic (exact) mass is 254 g/mol. The molecule has 0 aliphatic carbocycles. The van der Waals surface area contributed by atoms with Crippen LogP contribution in [0.15, 0.2) is 42.5 Å². The van der Waals surface area contributed by atoms with Crippen molar-refractivity contribution in [3.63, 3.8) is 0 Å². The maximum atomic E-state index is 2.32. The highest BCUT2D eigenvalue weighted by Crippen LogP contribution is 2.27. The molecule has 2 rings (SSSR count). The molecule has 0 atom stereocenters. The van der Waals surface area contributed by atoms with Gasteiger partial charge in [-0.2, -0.15) is 0 Å². The molecule has 0 saturated heterocycles. The van der Waals surface area contributed by atoms with Crippen LogP contribution < -0.4 is 0 Å². The van der Waals surface area contributed by atoms with Crippen LogP contribution in [0.25, 0.3) is 11.1 Å². The first-order valence-electron chi connectivity index (χ1n) is 7.25. The Hall–Kier alpha value is -1.56. The molecule has 0 bridgehead atoms. The number of hydrogen-bond donors (Lipinski definition) is 0. The Bertz CT molecular complexity index is 504. The summed E-state index contributed by atoms with van der Waals surface area (Å²) in [7, 11) is 0. The standard InChI is InChI=1S/C17H20.C2H6/c1-12(2)16-10-7-14(4)17(11-16)15-8-5-13(3)6-9-15;1-2/h5-12H,1-4H3;1-2H3. The molecule has 2 aromatic carbocycles. The predicted octanol–water partition coefficient (Wildman–Crippen LogP) is 6.12. The summed E-state index contributed by atoms with van der Waals surface area (Å²) < 4.78 is 0. The summed E-state index contributed by atoms with van der Waals surface area (Å²) >= 11 is 0. The van der Waals surface area contributed by atoms with Gasteiger partial charge in [0.1, 0.15) is 0 Å². The van der Waals surface area contributed by atoms with Crippen molar-refractivity contribution in [2.75, 3.05) is 0 Å². The van der Waals surface area contributed by atoms with Gasteiger partial charge >= 0.3 is 0 Å². The second-order valence-corrected chi connectivity index (χ2v) is 5.10. The third-order valence-corrected chi connectivity index (χ3v) is 3.29. The van der Waals surface area contributed by atoms with Crippen LogP contribution in [0.5, 0.6) is 0 Å². The molecule has 0 saturated carbocycles. The summed E-state index contributed by atoms with van der Waals surface area (Å²) in [5.74, 6) is 0.583. The lowest BCUT2D eigenvalue weighted by Crippen LogP contribution is -1.91. The van der Waals surface area contributed by atoms with Gasteiger partial charge in [0, 0.05) is 0 Å². The third-order valence-electron chi connectivity index (χ3n) is 3.29. The zero-order valence-electron chi connectivity index (χ0n) is 13.1. The van der Waals surface area contributed by atoms with Crippen LogP contribution in [0.3, 0.4) is 0 Å². The van der Waals surface area contributed by atoms with Crippen LogP contribution in [0.1, 0.15) is 50.3 Å². The van der Waals surface area contributed by atoms with Crippen molar-refractivity contribution in [2.45, 2.75) is 47.5 Å². The normalized spacial score (nSPS) is 10.1. The SMILES string of the molecule is CC.Cc1ccc(-c2cc(C(C)C)ccc2C)cc1. The predicted molar refractivity (Wildman–Crippen MR) is 86.8 cm³/mol. The third kappa shape index (κ3) is 3.96. The zero-order valence-corrected chi connectivity index (χ0v) is 13.1. The van der Waals surface area contributed by atoms with Crippen LogP contribution in [0.2, 0.25) is 0 Å². The highest BCUT2D eigenvalue weighted by molar-refractivity contribution is 5.68. The number of aryl methyl sites for hydroxylation is 2. The van der Waals surface area contributed by atoms with E-state index in [4.69, 9.17) is 0 Å². The van der Waals surface area contributed by atoms with Crippen molar-refractivity contribution in [3.8, 4) is 11.1 Å². The van der Waals surface area contributed by atoms with Crippen LogP contribution in [0.4, 0.5) is 0 Å². The van der Waals surface area contributed by atoms with E-state index in [1.165, 1.54) is 27.8 Å². The molecular formula is C19H26. The van der Waals surface area contributed by atoms with Crippen molar-refractivity contribution in [3.05, 3.63) is 59.2 Å². The topological polar surface area (TPSA) is 0 Å². The van der Waals surface area contributed by atoms with Crippen molar-refractivity contribution in [1.29, 1.82) is 0 Å². The minimum atomic E-state index is 0.583. The first kappa shape index (κ1) is 15.5. The largest absolute Gasteiger partial charge is 0.0683 e. The van der Waals surface area contributed by atoms with Crippen LogP contribution >= 0.6 is 0 Å². The summed E-state index contributed by atoms with van der Waals surface area (Å²) in [4.78, 5) is 0. The van der Waals surface area contributed by atoms with Gasteiger partial charge in [-0.3, -0.25) is 0 Å². The Balaban J connectivity index is 0.000000861. The maximum Gasteiger partial charge on any atom is -0.0152 e. The Kier molecular flexibility index (Phi) is 5.82. The van der Waals surface area contributed by atoms with E-state index in [0.29, 0.717) is 5.92 Å². The van der Waals surface area contributed by atoms with Crippen molar-refractivity contribution in [1.82, 2.24) is 0 Å². The molecule has 0 aliphatic rings. The van der Waals surface area contributed by atoms with Gasteiger partial charge in [-0.25, -0.2) is 0 Å². The first-order valence-corrected chi connectivity index (χ1v) is 7.25. The Morgan fingerprint density at radius 1 is 0.789 bits per heavy atom. The van der Waals surface area contributed by atoms with E-state index in [0.717, 1.165) is 0 Å². The number of hydrogen-bond acceptors (Lipinski definition) is 0. The Morgan fingerprint density at radius 2 is 1.37 bits per heavy atom. The summed E-state index contributed by atoms with van der Waals surface area (Å²) in [5, 5.41) is 0. The molecule has 0 nitrogen and oxygen atoms in total. The molecule has 0 heterocycles. The molecule has 0 spiro atoms. The average molecular weight is 254 g/mol. The van der Waals surface area contributed by atoms with Crippen LogP contribution in [-0.2, 0) is 0 Å². The quantitative estimate of drug-likeness (QED) is 0.605. The molecule has 102 valence electrons. The maximum absolute atomic E-state index is 2.32. The fourth-order valence-electron chi connectivity index (χ4n) is 2.04. The Morgan fingerprint density at radius 3 is 1.89 bits per heavy atom. The second kappa shape index (κ2) is 7.13. The van der Waals surface area contributed by atoms with Gasteiger partial charge in [0.25, 0.3) is 0 Å². The highest BCUT2D eigenvalue weighted by Gasteiger charge is 2.05. The molecule has 0 aliphatic heterocycles. The Labute approximate surface area is 118 Å². The molecular weight excluding hydrogens is 228 g/mol. The average Bonchev–Trinajstić information content (AvgIpc) is 2.42. The summed E-state index contributed by atoms with van der Waals surface area (Å²) in [6.45, 7) is 12.8. The minimum absolute atomic E-state index is 0.583. The van der Waals surface area contributed by atoms with Crippen LogP contribution in [0, 0.1) is 13.8 Å². The molecule has 0 radical (unpaired) electrons.